The third-order valence-electron chi connectivity index (χ3n) is 3.76. The van der Waals surface area contributed by atoms with E-state index in [0.29, 0.717) is 0 Å². The third kappa shape index (κ3) is 2.35. The van der Waals surface area contributed by atoms with E-state index in [1.165, 1.54) is 6.26 Å². The van der Waals surface area contributed by atoms with Gasteiger partial charge in [0.2, 0.25) is 0 Å². The molecule has 0 radical (unpaired) electrons. The Morgan fingerprint density at radius 2 is 1.95 bits per heavy atom. The Hall–Kier alpha value is -1.46. The highest BCUT2D eigenvalue weighted by atomic mass is 32.2. The smallest absolute Gasteiger partial charge is 0.154 e. The molecule has 1 unspecified atom stereocenters. The Morgan fingerprint density at radius 1 is 1.26 bits per heavy atom. The number of rotatable bonds is 3. The number of pyridine rings is 1. The number of aromatic nitrogens is 1. The highest BCUT2D eigenvalue weighted by molar-refractivity contribution is 7.92. The second kappa shape index (κ2) is 4.58. The fraction of sp³-hybridized carbons (Fsp3) is 0.357. The molecule has 0 saturated heterocycles. The van der Waals surface area contributed by atoms with Gasteiger partial charge in [0.25, 0.3) is 0 Å². The molecule has 1 atom stereocenters. The molecule has 0 spiro atoms. The number of hydrogen-bond donors (Lipinski definition) is 1. The molecule has 0 amide bonds. The van der Waals surface area contributed by atoms with Gasteiger partial charge in [-0.3, -0.25) is 4.98 Å². The zero-order valence-electron chi connectivity index (χ0n) is 11.3. The monoisotopic (exact) mass is 278 g/mol. The number of benzene rings is 1. The van der Waals surface area contributed by atoms with Crippen molar-refractivity contribution < 1.29 is 8.42 Å². The molecule has 0 saturated carbocycles. The maximum absolute atomic E-state index is 11.9. The first-order chi connectivity index (χ1) is 8.75. The van der Waals surface area contributed by atoms with E-state index >= 15 is 0 Å². The zero-order chi connectivity index (χ0) is 14.3. The molecule has 1 aromatic carbocycles. The summed E-state index contributed by atoms with van der Waals surface area (Å²) >= 11 is 0. The predicted octanol–water partition coefficient (Wildman–Crippen LogP) is 2.06. The van der Waals surface area contributed by atoms with E-state index < -0.39 is 20.6 Å². The quantitative estimate of drug-likeness (QED) is 0.932. The van der Waals surface area contributed by atoms with Crippen LogP contribution < -0.4 is 5.73 Å². The van der Waals surface area contributed by atoms with Crippen LogP contribution in [0, 0.1) is 0 Å². The van der Waals surface area contributed by atoms with E-state index in [9.17, 15) is 8.42 Å². The summed E-state index contributed by atoms with van der Waals surface area (Å²) < 4.78 is 22.8. The molecule has 0 aliphatic carbocycles. The van der Waals surface area contributed by atoms with E-state index in [0.717, 1.165) is 16.3 Å². The first-order valence-electron chi connectivity index (χ1n) is 6.03. The van der Waals surface area contributed by atoms with Crippen molar-refractivity contribution in [1.82, 2.24) is 4.98 Å². The maximum Gasteiger partial charge on any atom is 0.154 e. The van der Waals surface area contributed by atoms with Gasteiger partial charge in [0.05, 0.1) is 4.75 Å². The van der Waals surface area contributed by atoms with E-state index in [1.54, 1.807) is 26.2 Å². The lowest BCUT2D eigenvalue weighted by molar-refractivity contribution is 0.498. The highest BCUT2D eigenvalue weighted by Crippen LogP contribution is 2.33. The van der Waals surface area contributed by atoms with Crippen molar-refractivity contribution in [3.05, 3.63) is 42.2 Å². The summed E-state index contributed by atoms with van der Waals surface area (Å²) in [6.07, 6.45) is 4.65. The van der Waals surface area contributed by atoms with Gasteiger partial charge in [0, 0.05) is 30.1 Å². The normalized spacial score (nSPS) is 14.5. The summed E-state index contributed by atoms with van der Waals surface area (Å²) in [5.74, 6) is 0. The largest absolute Gasteiger partial charge is 0.323 e. The maximum atomic E-state index is 11.9. The molecule has 2 aromatic rings. The lowest BCUT2D eigenvalue weighted by Gasteiger charge is -2.30. The SMILES string of the molecule is CC(C)(C(N)c1cccc2ccncc12)S(C)(=O)=O. The Morgan fingerprint density at radius 3 is 2.58 bits per heavy atom. The van der Waals surface area contributed by atoms with Crippen LogP contribution in [0.5, 0.6) is 0 Å². The fourth-order valence-electron chi connectivity index (χ4n) is 2.01. The molecule has 4 nitrogen and oxygen atoms in total. The van der Waals surface area contributed by atoms with Crippen molar-refractivity contribution in [1.29, 1.82) is 0 Å². The van der Waals surface area contributed by atoms with Gasteiger partial charge in [-0.25, -0.2) is 8.42 Å². The molecule has 0 aliphatic heterocycles. The number of fused-ring (bicyclic) bond motifs is 1. The first kappa shape index (κ1) is 14.0. The number of hydrogen-bond acceptors (Lipinski definition) is 4. The Bertz CT molecular complexity index is 703. The molecular weight excluding hydrogens is 260 g/mol. The van der Waals surface area contributed by atoms with E-state index in [2.05, 4.69) is 4.98 Å². The minimum Gasteiger partial charge on any atom is -0.323 e. The topological polar surface area (TPSA) is 73.0 Å². The highest BCUT2D eigenvalue weighted by Gasteiger charge is 2.38. The first-order valence-corrected chi connectivity index (χ1v) is 7.92. The number of sulfone groups is 1. The minimum absolute atomic E-state index is 0.601. The standard InChI is InChI=1S/C14H18N2O2S/c1-14(2,19(3,17)18)13(15)11-6-4-5-10-7-8-16-9-12(10)11/h4-9,13H,15H2,1-3H3. The Kier molecular flexibility index (Phi) is 3.36. The lowest BCUT2D eigenvalue weighted by Crippen LogP contribution is -2.42. The summed E-state index contributed by atoms with van der Waals surface area (Å²) in [5, 5.41) is 1.90. The molecule has 1 heterocycles. The average Bonchev–Trinajstić information content (AvgIpc) is 2.36. The van der Waals surface area contributed by atoms with Crippen molar-refractivity contribution >= 4 is 20.6 Å². The van der Waals surface area contributed by atoms with Gasteiger partial charge >= 0.3 is 0 Å². The summed E-state index contributed by atoms with van der Waals surface area (Å²) in [4.78, 5) is 4.10. The number of nitrogens with zero attached hydrogens (tertiary/aromatic N) is 1. The molecule has 19 heavy (non-hydrogen) atoms. The van der Waals surface area contributed by atoms with Crippen molar-refractivity contribution in [3.63, 3.8) is 0 Å². The van der Waals surface area contributed by atoms with Crippen LogP contribution >= 0.6 is 0 Å². The van der Waals surface area contributed by atoms with Crippen LogP contribution in [0.25, 0.3) is 10.8 Å². The lowest BCUT2D eigenvalue weighted by atomic mass is 9.92. The van der Waals surface area contributed by atoms with Gasteiger partial charge in [0.1, 0.15) is 0 Å². The third-order valence-corrected chi connectivity index (χ3v) is 5.92. The van der Waals surface area contributed by atoms with Crippen molar-refractivity contribution in [2.45, 2.75) is 24.6 Å². The van der Waals surface area contributed by atoms with Gasteiger partial charge in [-0.1, -0.05) is 18.2 Å². The molecule has 2 rings (SSSR count). The van der Waals surface area contributed by atoms with Crippen LogP contribution in [-0.2, 0) is 9.84 Å². The second-order valence-corrected chi connectivity index (χ2v) is 7.89. The molecule has 2 N–H and O–H groups in total. The summed E-state index contributed by atoms with van der Waals surface area (Å²) in [6.45, 7) is 3.31. The summed E-state index contributed by atoms with van der Waals surface area (Å²) in [5.41, 5.74) is 7.02. The van der Waals surface area contributed by atoms with E-state index in [1.807, 2.05) is 24.3 Å². The van der Waals surface area contributed by atoms with E-state index in [4.69, 9.17) is 5.73 Å². The molecule has 5 heteroatoms. The average molecular weight is 278 g/mol. The van der Waals surface area contributed by atoms with Gasteiger partial charge in [-0.2, -0.15) is 0 Å². The molecule has 0 bridgehead atoms. The Labute approximate surface area is 113 Å². The predicted molar refractivity (Wildman–Crippen MR) is 77.6 cm³/mol. The van der Waals surface area contributed by atoms with Gasteiger partial charge < -0.3 is 5.73 Å². The van der Waals surface area contributed by atoms with Crippen LogP contribution in [0.15, 0.2) is 36.7 Å². The van der Waals surface area contributed by atoms with Crippen LogP contribution in [-0.4, -0.2) is 24.4 Å². The Balaban J connectivity index is 2.63. The van der Waals surface area contributed by atoms with Crippen molar-refractivity contribution in [2.24, 2.45) is 5.73 Å². The molecular formula is C14H18N2O2S. The van der Waals surface area contributed by atoms with Gasteiger partial charge in [0.15, 0.2) is 9.84 Å². The molecule has 0 fully saturated rings. The van der Waals surface area contributed by atoms with Crippen molar-refractivity contribution in [2.75, 3.05) is 6.26 Å². The summed E-state index contributed by atoms with van der Waals surface area (Å²) in [7, 11) is -3.26. The zero-order valence-corrected chi connectivity index (χ0v) is 12.1. The minimum atomic E-state index is -3.26. The van der Waals surface area contributed by atoms with Crippen LogP contribution in [0.3, 0.4) is 0 Å². The molecule has 0 aliphatic rings. The number of nitrogens with two attached hydrogens (primary N) is 1. The van der Waals surface area contributed by atoms with Crippen LogP contribution in [0.1, 0.15) is 25.5 Å². The van der Waals surface area contributed by atoms with Crippen molar-refractivity contribution in [3.8, 4) is 0 Å². The van der Waals surface area contributed by atoms with E-state index in [-0.39, 0.29) is 0 Å². The van der Waals surface area contributed by atoms with Gasteiger partial charge in [-0.05, 0) is 30.9 Å². The molecule has 102 valence electrons. The molecule has 1 aromatic heterocycles. The summed E-state index contributed by atoms with van der Waals surface area (Å²) in [6, 6.07) is 6.99. The van der Waals surface area contributed by atoms with Crippen LogP contribution in [0.2, 0.25) is 0 Å². The van der Waals surface area contributed by atoms with Gasteiger partial charge in [-0.15, -0.1) is 0 Å². The fourth-order valence-corrected chi connectivity index (χ4v) is 2.60. The second-order valence-electron chi connectivity index (χ2n) is 5.30. The van der Waals surface area contributed by atoms with Crippen LogP contribution in [0.4, 0.5) is 0 Å².